The predicted molar refractivity (Wildman–Crippen MR) is 399 cm³/mol. The molecule has 92 heavy (non-hydrogen) atoms. The van der Waals surface area contributed by atoms with Crippen LogP contribution in [0.15, 0.2) is 146 Å². The lowest BCUT2D eigenvalue weighted by atomic mass is 10.0. The molecule has 2 atom stereocenters. The highest BCUT2D eigenvalue weighted by Gasteiger charge is 2.26. The normalized spacial score (nSPS) is 13.7. The van der Waals surface area contributed by atoms with Crippen molar-refractivity contribution < 1.29 is 37.6 Å². The van der Waals surface area contributed by atoms with Crippen molar-refractivity contribution in [3.05, 3.63) is 146 Å². The second kappa shape index (κ2) is 75.9. The van der Waals surface area contributed by atoms with Gasteiger partial charge in [-0.25, -0.2) is 4.57 Å². The molecule has 0 aromatic heterocycles. The van der Waals surface area contributed by atoms with Gasteiger partial charge in [0.1, 0.15) is 6.61 Å². The fourth-order valence-corrected chi connectivity index (χ4v) is 11.2. The quantitative estimate of drug-likeness (QED) is 0.0264. The Morgan fingerprint density at radius 1 is 0.337 bits per heavy atom. The van der Waals surface area contributed by atoms with E-state index in [1.165, 1.54) is 173 Å². The van der Waals surface area contributed by atoms with Crippen molar-refractivity contribution in [2.45, 2.75) is 335 Å². The molecule has 0 spiro atoms. The van der Waals surface area contributed by atoms with Crippen LogP contribution in [0.3, 0.4) is 0 Å². The molecule has 0 bridgehead atoms. The smallest absolute Gasteiger partial charge is 0.462 e. The summed E-state index contributed by atoms with van der Waals surface area (Å²) in [6.45, 7) is 3.63. The van der Waals surface area contributed by atoms with Gasteiger partial charge in [-0.15, -0.1) is 0 Å². The third-order valence-corrected chi connectivity index (χ3v) is 17.0. The summed E-state index contributed by atoms with van der Waals surface area (Å²) in [5.41, 5.74) is 5.40. The monoisotopic (exact) mass is 1300 g/mol. The van der Waals surface area contributed by atoms with Crippen molar-refractivity contribution in [1.29, 1.82) is 0 Å². The molecular formula is C82H140NO8P. The van der Waals surface area contributed by atoms with Gasteiger partial charge in [-0.2, -0.15) is 0 Å². The van der Waals surface area contributed by atoms with Crippen LogP contribution in [0.25, 0.3) is 0 Å². The number of rotatable bonds is 70. The summed E-state index contributed by atoms with van der Waals surface area (Å²) in [6.07, 6.45) is 110. The zero-order valence-electron chi connectivity index (χ0n) is 59.2. The molecule has 0 aliphatic rings. The molecule has 0 aromatic rings. The van der Waals surface area contributed by atoms with Crippen LogP contribution in [-0.4, -0.2) is 49.3 Å². The summed E-state index contributed by atoms with van der Waals surface area (Å²) in [6, 6.07) is 0. The number of carbonyl (C=O) groups excluding carboxylic acids is 2. The van der Waals surface area contributed by atoms with Crippen molar-refractivity contribution >= 4 is 19.8 Å². The fourth-order valence-electron chi connectivity index (χ4n) is 10.4. The molecule has 2 unspecified atom stereocenters. The Kier molecular flexibility index (Phi) is 72.5. The summed E-state index contributed by atoms with van der Waals surface area (Å²) < 4.78 is 33.2. The molecule has 3 N–H and O–H groups in total. The first kappa shape index (κ1) is 87.9. The lowest BCUT2D eigenvalue weighted by molar-refractivity contribution is -0.161. The van der Waals surface area contributed by atoms with Gasteiger partial charge in [0.25, 0.3) is 0 Å². The van der Waals surface area contributed by atoms with Crippen molar-refractivity contribution in [3.8, 4) is 0 Å². The van der Waals surface area contributed by atoms with E-state index in [4.69, 9.17) is 24.3 Å². The zero-order chi connectivity index (χ0) is 66.5. The van der Waals surface area contributed by atoms with Gasteiger partial charge >= 0.3 is 19.8 Å². The third-order valence-electron chi connectivity index (χ3n) is 16.0. The Balaban J connectivity index is 3.96. The Morgan fingerprint density at radius 2 is 0.598 bits per heavy atom. The van der Waals surface area contributed by atoms with Crippen LogP contribution >= 0.6 is 7.82 Å². The molecule has 0 saturated heterocycles. The van der Waals surface area contributed by atoms with E-state index in [0.29, 0.717) is 6.42 Å². The number of hydrogen-bond acceptors (Lipinski definition) is 8. The van der Waals surface area contributed by atoms with E-state index in [1.807, 2.05) is 0 Å². The van der Waals surface area contributed by atoms with Gasteiger partial charge in [-0.1, -0.05) is 359 Å². The average Bonchev–Trinajstić information content (AvgIpc) is 2.98. The van der Waals surface area contributed by atoms with Crippen molar-refractivity contribution in [3.63, 3.8) is 0 Å². The van der Waals surface area contributed by atoms with E-state index in [9.17, 15) is 19.0 Å². The molecule has 0 aromatic carbocycles. The van der Waals surface area contributed by atoms with E-state index >= 15 is 0 Å². The van der Waals surface area contributed by atoms with Gasteiger partial charge in [-0.05, 0) is 103 Å². The van der Waals surface area contributed by atoms with Gasteiger partial charge < -0.3 is 20.1 Å². The van der Waals surface area contributed by atoms with Crippen molar-refractivity contribution in [1.82, 2.24) is 0 Å². The highest BCUT2D eigenvalue weighted by Crippen LogP contribution is 2.43. The maximum Gasteiger partial charge on any atom is 0.472 e. The summed E-state index contributed by atoms with van der Waals surface area (Å²) in [7, 11) is -4.41. The minimum Gasteiger partial charge on any atom is -0.462 e. The molecule has 0 aliphatic heterocycles. The molecule has 10 heteroatoms. The van der Waals surface area contributed by atoms with Crippen LogP contribution in [0.1, 0.15) is 328 Å². The van der Waals surface area contributed by atoms with Gasteiger partial charge in [0, 0.05) is 19.4 Å². The first-order valence-electron chi connectivity index (χ1n) is 37.8. The van der Waals surface area contributed by atoms with Crippen molar-refractivity contribution in [2.24, 2.45) is 5.73 Å². The second-order valence-corrected chi connectivity index (χ2v) is 26.2. The largest absolute Gasteiger partial charge is 0.472 e. The van der Waals surface area contributed by atoms with Crippen LogP contribution in [0.2, 0.25) is 0 Å². The molecule has 9 nitrogen and oxygen atoms in total. The fraction of sp³-hybridized carbons (Fsp3) is 0.683. The Morgan fingerprint density at radius 3 is 0.891 bits per heavy atom. The van der Waals surface area contributed by atoms with Crippen LogP contribution in [-0.2, 0) is 32.7 Å². The molecule has 0 aliphatic carbocycles. The first-order chi connectivity index (χ1) is 45.3. The summed E-state index contributed by atoms with van der Waals surface area (Å²) in [5, 5.41) is 0. The van der Waals surface area contributed by atoms with Crippen molar-refractivity contribution in [2.75, 3.05) is 26.4 Å². The SMILES string of the molecule is CC/C=C\C/C=C\C/C=C\C/C=C\C/C=C\C/C=C\C/C=C\C/C=C\C/C=C\C/C=C\C/C=C\C/C=C\CCCCCCC(=O)OC(COC(=O)CCCCCCCCCCCCCCCCCCCCCCCCCCCCCCCC)COP(=O)(O)OCCN. The number of phosphoric ester groups is 1. The third kappa shape index (κ3) is 74.9. The molecule has 0 heterocycles. The lowest BCUT2D eigenvalue weighted by Crippen LogP contribution is -2.29. The van der Waals surface area contributed by atoms with Crippen LogP contribution in [0.4, 0.5) is 0 Å². The number of nitrogens with two attached hydrogens (primary N) is 1. The summed E-state index contributed by atoms with van der Waals surface area (Å²) >= 11 is 0. The standard InChI is InChI=1S/C82H140NO8P/c1-3-5-7-9-11-13-15-17-19-21-23-25-27-29-31-33-35-36-37-38-39-40-41-42-43-44-45-47-49-51-53-55-57-59-61-63-65-67-69-71-73-75-82(85)91-80(79-90-92(86,87)89-77-76-83)78-88-81(84)74-72-70-68-66-64-62-60-58-56-54-52-50-48-46-34-32-30-28-26-24-22-20-18-16-14-12-10-8-6-4-2/h5,7,11,13,17,19,23,25,29,31,35-36,38-39,41-42,44-45,49,51,55,57,61,63,80H,3-4,6,8-10,12,14-16,18,20-22,24,26-28,30,32-34,37,40,43,46-48,50,52-54,56,58-60,62,64-79,83H2,1-2H3,(H,86,87)/b7-5-,13-11-,19-17-,25-23-,31-29-,36-35-,39-38-,42-41-,45-44-,51-49-,57-55-,63-61-. The van der Waals surface area contributed by atoms with E-state index in [2.05, 4.69) is 160 Å². The molecule has 0 amide bonds. The second-order valence-electron chi connectivity index (χ2n) is 24.8. The summed E-state index contributed by atoms with van der Waals surface area (Å²) in [5.74, 6) is -0.854. The topological polar surface area (TPSA) is 134 Å². The Labute approximate surface area is 566 Å². The zero-order valence-corrected chi connectivity index (χ0v) is 60.1. The van der Waals surface area contributed by atoms with Crippen LogP contribution in [0, 0.1) is 0 Å². The molecule has 0 rings (SSSR count). The number of phosphoric acid groups is 1. The van der Waals surface area contributed by atoms with E-state index in [1.54, 1.807) is 0 Å². The van der Waals surface area contributed by atoms with Crippen LogP contribution in [0.5, 0.6) is 0 Å². The minimum absolute atomic E-state index is 0.0434. The van der Waals surface area contributed by atoms with Gasteiger partial charge in [0.2, 0.25) is 0 Å². The first-order valence-corrected chi connectivity index (χ1v) is 39.3. The maximum absolute atomic E-state index is 12.8. The lowest BCUT2D eigenvalue weighted by Gasteiger charge is -2.19. The number of ether oxygens (including phenoxy) is 2. The molecular weight excluding hydrogens is 1160 g/mol. The Hall–Kier alpha value is -4.11. The Bertz CT molecular complexity index is 2020. The van der Waals surface area contributed by atoms with Gasteiger partial charge in [0.15, 0.2) is 6.10 Å². The van der Waals surface area contributed by atoms with Crippen LogP contribution < -0.4 is 5.73 Å². The van der Waals surface area contributed by atoms with Gasteiger partial charge in [0.05, 0.1) is 13.2 Å². The number of esters is 2. The molecule has 0 fully saturated rings. The molecule has 526 valence electrons. The molecule has 0 saturated carbocycles. The predicted octanol–water partition coefficient (Wildman–Crippen LogP) is 25.4. The number of carbonyl (C=O) groups is 2. The maximum atomic E-state index is 12.8. The number of allylic oxidation sites excluding steroid dienone is 24. The number of unbranched alkanes of at least 4 members (excludes halogenated alkanes) is 33. The number of hydrogen-bond donors (Lipinski definition) is 2. The van der Waals surface area contributed by atoms with E-state index in [0.717, 1.165) is 122 Å². The molecule has 0 radical (unpaired) electrons. The highest BCUT2D eigenvalue weighted by molar-refractivity contribution is 7.47. The highest BCUT2D eigenvalue weighted by atomic mass is 31.2. The minimum atomic E-state index is -4.41. The average molecular weight is 1300 g/mol. The summed E-state index contributed by atoms with van der Waals surface area (Å²) in [4.78, 5) is 35.4. The van der Waals surface area contributed by atoms with E-state index in [-0.39, 0.29) is 38.6 Å². The van der Waals surface area contributed by atoms with E-state index < -0.39 is 26.5 Å². The van der Waals surface area contributed by atoms with Gasteiger partial charge in [-0.3, -0.25) is 18.6 Å².